The molecule has 25 heavy (non-hydrogen) atoms. The number of sulfonamides is 1. The maximum Gasteiger partial charge on any atom is 0.312 e. The predicted molar refractivity (Wildman–Crippen MR) is 94.3 cm³/mol. The largest absolute Gasteiger partial charge is 0.312 e. The molecule has 0 bridgehead atoms. The second kappa shape index (κ2) is 6.45. The maximum absolute atomic E-state index is 14.1. The first-order chi connectivity index (χ1) is 11.7. The second-order valence-electron chi connectivity index (χ2n) is 5.02. The van der Waals surface area contributed by atoms with Crippen LogP contribution in [0.25, 0.3) is 16.9 Å². The number of halogens is 3. The van der Waals surface area contributed by atoms with Crippen LogP contribution in [0.2, 0.25) is 0 Å². The van der Waals surface area contributed by atoms with Crippen LogP contribution in [0, 0.1) is 11.6 Å². The predicted octanol–water partition coefficient (Wildman–Crippen LogP) is 3.25. The highest BCUT2D eigenvalue weighted by molar-refractivity contribution is 9.10. The summed E-state index contributed by atoms with van der Waals surface area (Å²) < 4.78 is 52.8. The average Bonchev–Trinajstić information content (AvgIpc) is 2.86. The summed E-state index contributed by atoms with van der Waals surface area (Å²) in [6.07, 6.45) is 0. The molecule has 0 saturated carbocycles. The fraction of sp³-hybridized carbons (Fsp3) is 0. The third kappa shape index (κ3) is 3.43. The van der Waals surface area contributed by atoms with Crippen LogP contribution in [0.5, 0.6) is 0 Å². The molecule has 5 nitrogen and oxygen atoms in total. The summed E-state index contributed by atoms with van der Waals surface area (Å²) in [5, 5.41) is 6.26. The van der Waals surface area contributed by atoms with Gasteiger partial charge >= 0.3 is 4.87 Å². The van der Waals surface area contributed by atoms with Gasteiger partial charge in [0.1, 0.15) is 11.6 Å². The maximum atomic E-state index is 14.1. The fourth-order valence-corrected chi connectivity index (χ4v) is 4.16. The van der Waals surface area contributed by atoms with Crippen molar-refractivity contribution in [1.82, 2.24) is 4.57 Å². The van der Waals surface area contributed by atoms with Gasteiger partial charge in [0.25, 0.3) is 0 Å². The smallest absolute Gasteiger partial charge is 0.267 e. The zero-order valence-corrected chi connectivity index (χ0v) is 15.5. The highest BCUT2D eigenvalue weighted by atomic mass is 79.9. The molecule has 0 atom stereocenters. The summed E-state index contributed by atoms with van der Waals surface area (Å²) in [6, 6.07) is 8.47. The van der Waals surface area contributed by atoms with E-state index in [2.05, 4.69) is 15.9 Å². The molecule has 0 aliphatic rings. The topological polar surface area (TPSA) is 82.2 Å². The molecule has 1 heterocycles. The van der Waals surface area contributed by atoms with Crippen molar-refractivity contribution in [3.63, 3.8) is 0 Å². The molecule has 3 aromatic rings. The lowest BCUT2D eigenvalue weighted by Crippen LogP contribution is -2.16. The monoisotopic (exact) mass is 446 g/mol. The molecule has 0 aliphatic heterocycles. The Hall–Kier alpha value is -1.88. The highest BCUT2D eigenvalue weighted by Crippen LogP contribution is 2.29. The minimum absolute atomic E-state index is 0.0146. The Morgan fingerprint density at radius 1 is 1.12 bits per heavy atom. The van der Waals surface area contributed by atoms with Crippen LogP contribution in [0.15, 0.2) is 55.9 Å². The van der Waals surface area contributed by atoms with Crippen LogP contribution in [0.4, 0.5) is 8.78 Å². The van der Waals surface area contributed by atoms with Crippen molar-refractivity contribution in [2.75, 3.05) is 0 Å². The van der Waals surface area contributed by atoms with Gasteiger partial charge in [-0.1, -0.05) is 33.3 Å². The lowest BCUT2D eigenvalue weighted by atomic mass is 10.1. The van der Waals surface area contributed by atoms with E-state index in [0.29, 0.717) is 5.69 Å². The van der Waals surface area contributed by atoms with Gasteiger partial charge in [0.2, 0.25) is 10.0 Å². The lowest BCUT2D eigenvalue weighted by molar-refractivity contribution is 0.520. The number of primary sulfonamides is 1. The highest BCUT2D eigenvalue weighted by Gasteiger charge is 2.23. The molecule has 2 aromatic carbocycles. The number of rotatable bonds is 3. The quantitative estimate of drug-likeness (QED) is 0.670. The fourth-order valence-electron chi connectivity index (χ4n) is 2.35. The van der Waals surface area contributed by atoms with E-state index < -0.39 is 26.6 Å². The first-order valence-electron chi connectivity index (χ1n) is 6.67. The van der Waals surface area contributed by atoms with Crippen LogP contribution in [0.1, 0.15) is 0 Å². The summed E-state index contributed by atoms with van der Waals surface area (Å²) in [6.45, 7) is 0. The van der Waals surface area contributed by atoms with Gasteiger partial charge in [-0.05, 0) is 30.3 Å². The summed E-state index contributed by atoms with van der Waals surface area (Å²) in [7, 11) is -4.55. The molecule has 0 spiro atoms. The lowest BCUT2D eigenvalue weighted by Gasteiger charge is -2.10. The van der Waals surface area contributed by atoms with E-state index in [4.69, 9.17) is 5.14 Å². The van der Waals surface area contributed by atoms with Crippen molar-refractivity contribution in [1.29, 1.82) is 0 Å². The van der Waals surface area contributed by atoms with Crippen LogP contribution in [-0.4, -0.2) is 13.0 Å². The van der Waals surface area contributed by atoms with Crippen LogP contribution < -0.4 is 10.0 Å². The Morgan fingerprint density at radius 3 is 2.32 bits per heavy atom. The Morgan fingerprint density at radius 2 is 1.76 bits per heavy atom. The van der Waals surface area contributed by atoms with E-state index >= 15 is 0 Å². The number of nitrogens with two attached hydrogens (primary N) is 1. The van der Waals surface area contributed by atoms with Crippen molar-refractivity contribution in [3.8, 4) is 16.9 Å². The SMILES string of the molecule is NS(=O)(=O)c1c(F)cc(-c2csc(=O)n2-c2cccc(Br)c2)cc1F. The molecular formula is C15H9BrF2N2O3S2. The van der Waals surface area contributed by atoms with Gasteiger partial charge in [0.05, 0.1) is 11.4 Å². The van der Waals surface area contributed by atoms with Crippen LogP contribution in [-0.2, 0) is 10.0 Å². The first kappa shape index (κ1) is 17.9. The molecule has 1 aromatic heterocycles. The molecule has 2 N–H and O–H groups in total. The molecule has 0 saturated heterocycles. The van der Waals surface area contributed by atoms with Gasteiger partial charge in [0, 0.05) is 15.4 Å². The molecular weight excluding hydrogens is 438 g/mol. The van der Waals surface area contributed by atoms with Gasteiger partial charge in [0.15, 0.2) is 4.90 Å². The Bertz CT molecular complexity index is 1120. The van der Waals surface area contributed by atoms with E-state index in [1.54, 1.807) is 24.3 Å². The standard InChI is InChI=1S/C15H9BrF2N2O3S2/c16-9-2-1-3-10(6-9)20-13(7-24-15(20)21)8-4-11(17)14(12(18)5-8)25(19,22)23/h1-7H,(H2,19,22,23). The number of benzene rings is 2. The molecule has 0 radical (unpaired) electrons. The van der Waals surface area contributed by atoms with E-state index in [9.17, 15) is 22.0 Å². The Labute approximate surface area is 153 Å². The van der Waals surface area contributed by atoms with Gasteiger partial charge in [-0.25, -0.2) is 22.3 Å². The Balaban J connectivity index is 2.25. The minimum atomic E-state index is -4.55. The summed E-state index contributed by atoms with van der Waals surface area (Å²) >= 11 is 4.15. The number of hydrogen-bond acceptors (Lipinski definition) is 4. The zero-order valence-electron chi connectivity index (χ0n) is 12.2. The molecule has 10 heteroatoms. The van der Waals surface area contributed by atoms with E-state index in [1.807, 2.05) is 0 Å². The second-order valence-corrected chi connectivity index (χ2v) is 8.25. The molecule has 0 amide bonds. The Kier molecular flexibility index (Phi) is 4.62. The van der Waals surface area contributed by atoms with Gasteiger partial charge in [-0.15, -0.1) is 0 Å². The number of aromatic nitrogens is 1. The van der Waals surface area contributed by atoms with E-state index in [0.717, 1.165) is 27.9 Å². The van der Waals surface area contributed by atoms with Crippen LogP contribution >= 0.6 is 27.3 Å². The summed E-state index contributed by atoms with van der Waals surface area (Å²) in [4.78, 5) is 10.6. The third-order valence-corrected chi connectivity index (χ3v) is 5.52. The molecule has 0 fully saturated rings. The zero-order chi connectivity index (χ0) is 18.4. The van der Waals surface area contributed by atoms with E-state index in [1.165, 1.54) is 9.95 Å². The molecule has 130 valence electrons. The van der Waals surface area contributed by atoms with Crippen molar-refractivity contribution in [2.24, 2.45) is 5.14 Å². The number of thiazole rings is 1. The molecule has 0 aliphatic carbocycles. The van der Waals surface area contributed by atoms with Crippen molar-refractivity contribution in [2.45, 2.75) is 4.90 Å². The number of nitrogens with zero attached hydrogens (tertiary/aromatic N) is 1. The van der Waals surface area contributed by atoms with Crippen LogP contribution in [0.3, 0.4) is 0 Å². The minimum Gasteiger partial charge on any atom is -0.267 e. The van der Waals surface area contributed by atoms with Gasteiger partial charge in [-0.2, -0.15) is 0 Å². The molecule has 0 unspecified atom stereocenters. The first-order valence-corrected chi connectivity index (χ1v) is 9.89. The number of hydrogen-bond donors (Lipinski definition) is 1. The third-order valence-electron chi connectivity index (χ3n) is 3.34. The van der Waals surface area contributed by atoms with E-state index in [-0.39, 0.29) is 16.1 Å². The average molecular weight is 447 g/mol. The van der Waals surface area contributed by atoms with Crippen molar-refractivity contribution < 1.29 is 17.2 Å². The summed E-state index contributed by atoms with van der Waals surface area (Å²) in [5.41, 5.74) is 0.736. The van der Waals surface area contributed by atoms with Crippen molar-refractivity contribution >= 4 is 37.3 Å². The van der Waals surface area contributed by atoms with Gasteiger partial charge in [-0.3, -0.25) is 9.36 Å². The van der Waals surface area contributed by atoms with Crippen molar-refractivity contribution in [3.05, 3.63) is 67.6 Å². The van der Waals surface area contributed by atoms with Gasteiger partial charge < -0.3 is 0 Å². The molecule has 3 rings (SSSR count). The normalized spacial score (nSPS) is 11.7. The summed E-state index contributed by atoms with van der Waals surface area (Å²) in [5.74, 6) is -2.64.